The van der Waals surface area contributed by atoms with E-state index in [1.165, 1.54) is 24.0 Å². The van der Waals surface area contributed by atoms with Crippen LogP contribution in [0.4, 0.5) is 5.69 Å². The molecule has 0 fully saturated rings. The van der Waals surface area contributed by atoms with E-state index in [0.29, 0.717) is 17.7 Å². The lowest BCUT2D eigenvalue weighted by Crippen LogP contribution is -2.04. The number of carbonyl (C=O) groups is 1. The highest BCUT2D eigenvalue weighted by molar-refractivity contribution is 9.10. The smallest absolute Gasteiger partial charge is 0.167 e. The summed E-state index contributed by atoms with van der Waals surface area (Å²) in [6.07, 6.45) is 4.00. The molecular formula is C17H16BrNO. The number of anilines is 1. The van der Waals surface area contributed by atoms with Crippen molar-refractivity contribution in [2.75, 3.05) is 5.73 Å². The van der Waals surface area contributed by atoms with Gasteiger partial charge in [-0.15, -0.1) is 0 Å². The second kappa shape index (κ2) is 5.41. The van der Waals surface area contributed by atoms with Gasteiger partial charge in [0.2, 0.25) is 0 Å². The fraction of sp³-hybridized carbons (Fsp3) is 0.235. The average molecular weight is 330 g/mol. The van der Waals surface area contributed by atoms with Crippen LogP contribution in [0.3, 0.4) is 0 Å². The second-order valence-electron chi connectivity index (χ2n) is 5.29. The van der Waals surface area contributed by atoms with Crippen molar-refractivity contribution in [2.24, 2.45) is 0 Å². The molecule has 2 aromatic rings. The van der Waals surface area contributed by atoms with Crippen LogP contribution in [0.1, 0.15) is 33.5 Å². The van der Waals surface area contributed by atoms with Gasteiger partial charge in [-0.2, -0.15) is 0 Å². The molecule has 0 spiro atoms. The van der Waals surface area contributed by atoms with Gasteiger partial charge in [-0.1, -0.05) is 18.2 Å². The molecule has 0 radical (unpaired) electrons. The Morgan fingerprint density at radius 2 is 1.90 bits per heavy atom. The molecule has 1 aliphatic carbocycles. The molecule has 20 heavy (non-hydrogen) atoms. The maximum absolute atomic E-state index is 12.3. The van der Waals surface area contributed by atoms with Crippen molar-refractivity contribution in [1.29, 1.82) is 0 Å². The van der Waals surface area contributed by atoms with Gasteiger partial charge < -0.3 is 5.73 Å². The van der Waals surface area contributed by atoms with Crippen LogP contribution >= 0.6 is 15.9 Å². The minimum absolute atomic E-state index is 0.128. The van der Waals surface area contributed by atoms with Crippen molar-refractivity contribution >= 4 is 27.4 Å². The number of rotatable bonds is 3. The summed E-state index contributed by atoms with van der Waals surface area (Å²) in [5.41, 5.74) is 11.0. The van der Waals surface area contributed by atoms with Crippen molar-refractivity contribution in [3.63, 3.8) is 0 Å². The maximum Gasteiger partial charge on any atom is 0.167 e. The van der Waals surface area contributed by atoms with Crippen LogP contribution in [0.15, 0.2) is 40.9 Å². The fourth-order valence-electron chi connectivity index (χ4n) is 2.72. The summed E-state index contributed by atoms with van der Waals surface area (Å²) in [5, 5.41) is 0. The Hall–Kier alpha value is -1.61. The number of hydrogen-bond acceptors (Lipinski definition) is 2. The van der Waals surface area contributed by atoms with Crippen LogP contribution in [0.25, 0.3) is 0 Å². The first kappa shape index (κ1) is 13.4. The molecule has 3 heteroatoms. The standard InChI is InChI=1S/C17H16BrNO/c18-15-10-14(6-7-16(15)19)17(20)9-11-4-5-12-2-1-3-13(12)8-11/h4-8,10H,1-3,9,19H2. The van der Waals surface area contributed by atoms with Crippen LogP contribution in [0, 0.1) is 0 Å². The van der Waals surface area contributed by atoms with Gasteiger partial charge >= 0.3 is 0 Å². The number of carbonyl (C=O) groups excluding carboxylic acids is 1. The topological polar surface area (TPSA) is 43.1 Å². The van der Waals surface area contributed by atoms with Gasteiger partial charge in [-0.05, 0) is 70.1 Å². The lowest BCUT2D eigenvalue weighted by Gasteiger charge is -2.06. The molecule has 3 rings (SSSR count). The van der Waals surface area contributed by atoms with Crippen molar-refractivity contribution in [1.82, 2.24) is 0 Å². The molecule has 0 amide bonds. The fourth-order valence-corrected chi connectivity index (χ4v) is 3.10. The first-order valence-electron chi connectivity index (χ1n) is 6.82. The zero-order valence-electron chi connectivity index (χ0n) is 11.2. The minimum Gasteiger partial charge on any atom is -0.398 e. The third kappa shape index (κ3) is 2.63. The summed E-state index contributed by atoms with van der Waals surface area (Å²) < 4.78 is 0.775. The van der Waals surface area contributed by atoms with Gasteiger partial charge in [0.05, 0.1) is 0 Å². The Kier molecular flexibility index (Phi) is 3.62. The molecule has 0 saturated heterocycles. The number of ketones is 1. The van der Waals surface area contributed by atoms with E-state index < -0.39 is 0 Å². The van der Waals surface area contributed by atoms with Crippen LogP contribution in [0.5, 0.6) is 0 Å². The quantitative estimate of drug-likeness (QED) is 0.684. The number of benzene rings is 2. The molecule has 0 heterocycles. The number of nitrogens with two attached hydrogens (primary N) is 1. The number of halogens is 1. The predicted molar refractivity (Wildman–Crippen MR) is 85.1 cm³/mol. The summed E-state index contributed by atoms with van der Waals surface area (Å²) >= 11 is 3.36. The van der Waals surface area contributed by atoms with Crippen molar-refractivity contribution < 1.29 is 4.79 Å². The SMILES string of the molecule is Nc1ccc(C(=O)Cc2ccc3c(c2)CCC3)cc1Br. The normalized spacial score (nSPS) is 13.2. The molecule has 1 aliphatic rings. The van der Waals surface area contributed by atoms with Crippen molar-refractivity contribution in [3.05, 3.63) is 63.1 Å². The van der Waals surface area contributed by atoms with Gasteiger partial charge in [0, 0.05) is 22.1 Å². The Morgan fingerprint density at radius 3 is 2.70 bits per heavy atom. The van der Waals surface area contributed by atoms with E-state index in [0.717, 1.165) is 16.5 Å². The maximum atomic E-state index is 12.3. The molecule has 2 N–H and O–H groups in total. The van der Waals surface area contributed by atoms with E-state index in [1.54, 1.807) is 18.2 Å². The second-order valence-corrected chi connectivity index (χ2v) is 6.15. The van der Waals surface area contributed by atoms with Crippen LogP contribution < -0.4 is 5.73 Å². The molecule has 0 aromatic heterocycles. The third-order valence-electron chi connectivity index (χ3n) is 3.85. The third-order valence-corrected chi connectivity index (χ3v) is 4.54. The molecule has 0 saturated carbocycles. The van der Waals surface area contributed by atoms with Crippen molar-refractivity contribution in [3.8, 4) is 0 Å². The minimum atomic E-state index is 0.128. The number of nitrogen functional groups attached to an aromatic ring is 1. The van der Waals surface area contributed by atoms with Gasteiger partial charge in [0.1, 0.15) is 0 Å². The van der Waals surface area contributed by atoms with Crippen LogP contribution in [-0.4, -0.2) is 5.78 Å². The summed E-state index contributed by atoms with van der Waals surface area (Å²) in [4.78, 5) is 12.3. The van der Waals surface area contributed by atoms with E-state index in [2.05, 4.69) is 34.1 Å². The number of Topliss-reactive ketones (excluding diaryl/α,β-unsaturated/α-hetero) is 1. The monoisotopic (exact) mass is 329 g/mol. The highest BCUT2D eigenvalue weighted by Crippen LogP contribution is 2.24. The lowest BCUT2D eigenvalue weighted by molar-refractivity contribution is 0.0993. The van der Waals surface area contributed by atoms with E-state index in [1.807, 2.05) is 0 Å². The lowest BCUT2D eigenvalue weighted by atomic mass is 9.99. The molecular weight excluding hydrogens is 314 g/mol. The molecule has 0 bridgehead atoms. The molecule has 2 aromatic carbocycles. The molecule has 0 aliphatic heterocycles. The Balaban J connectivity index is 1.80. The Bertz CT molecular complexity index is 679. The van der Waals surface area contributed by atoms with Gasteiger partial charge in [0.25, 0.3) is 0 Å². The first-order chi connectivity index (χ1) is 9.63. The summed E-state index contributed by atoms with van der Waals surface area (Å²) in [6, 6.07) is 11.8. The summed E-state index contributed by atoms with van der Waals surface area (Å²) in [5.74, 6) is 0.128. The number of aryl methyl sites for hydroxylation is 2. The predicted octanol–water partition coefficient (Wildman–Crippen LogP) is 3.95. The van der Waals surface area contributed by atoms with E-state index >= 15 is 0 Å². The first-order valence-corrected chi connectivity index (χ1v) is 7.62. The zero-order chi connectivity index (χ0) is 14.1. The number of hydrogen-bond donors (Lipinski definition) is 1. The van der Waals surface area contributed by atoms with E-state index in [-0.39, 0.29) is 5.78 Å². The summed E-state index contributed by atoms with van der Waals surface area (Å²) in [6.45, 7) is 0. The van der Waals surface area contributed by atoms with E-state index in [4.69, 9.17) is 5.73 Å². The Labute approximate surface area is 127 Å². The highest BCUT2D eigenvalue weighted by Gasteiger charge is 2.13. The number of fused-ring (bicyclic) bond motifs is 1. The van der Waals surface area contributed by atoms with Crippen LogP contribution in [0.2, 0.25) is 0 Å². The Morgan fingerprint density at radius 1 is 1.10 bits per heavy atom. The van der Waals surface area contributed by atoms with Gasteiger partial charge in [-0.25, -0.2) is 0 Å². The molecule has 0 atom stereocenters. The highest BCUT2D eigenvalue weighted by atomic mass is 79.9. The molecule has 2 nitrogen and oxygen atoms in total. The average Bonchev–Trinajstić information content (AvgIpc) is 2.89. The largest absolute Gasteiger partial charge is 0.398 e. The molecule has 0 unspecified atom stereocenters. The van der Waals surface area contributed by atoms with Crippen LogP contribution in [-0.2, 0) is 19.3 Å². The van der Waals surface area contributed by atoms with Crippen molar-refractivity contribution in [2.45, 2.75) is 25.7 Å². The zero-order valence-corrected chi connectivity index (χ0v) is 12.7. The van der Waals surface area contributed by atoms with Gasteiger partial charge in [-0.3, -0.25) is 4.79 Å². The van der Waals surface area contributed by atoms with Gasteiger partial charge in [0.15, 0.2) is 5.78 Å². The van der Waals surface area contributed by atoms with E-state index in [9.17, 15) is 4.79 Å². The molecule has 102 valence electrons. The summed E-state index contributed by atoms with van der Waals surface area (Å²) in [7, 11) is 0.